The molecule has 0 spiro atoms. The van der Waals surface area contributed by atoms with Crippen LogP contribution in [0.3, 0.4) is 0 Å². The molecule has 5 heteroatoms. The molecule has 0 amide bonds. The molecule has 17 heavy (non-hydrogen) atoms. The molecule has 1 aliphatic heterocycles. The summed E-state index contributed by atoms with van der Waals surface area (Å²) in [5.74, 6) is 0.743. The van der Waals surface area contributed by atoms with E-state index in [0.717, 1.165) is 30.7 Å². The zero-order valence-corrected chi connectivity index (χ0v) is 10.8. The summed E-state index contributed by atoms with van der Waals surface area (Å²) in [6.45, 7) is 8.29. The number of rotatable bonds is 5. The van der Waals surface area contributed by atoms with Gasteiger partial charge in [0, 0.05) is 25.3 Å². The van der Waals surface area contributed by atoms with Crippen molar-refractivity contribution in [1.82, 2.24) is 19.9 Å². The van der Waals surface area contributed by atoms with E-state index < -0.39 is 0 Å². The van der Waals surface area contributed by atoms with Crippen LogP contribution in [-0.2, 0) is 13.1 Å². The fraction of sp³-hybridized carbons (Fsp3) is 0.833. The molecule has 0 aromatic carbocycles. The topological polar surface area (TPSA) is 60.0 Å². The van der Waals surface area contributed by atoms with Crippen molar-refractivity contribution < 1.29 is 0 Å². The number of nitrogens with zero attached hydrogens (tertiary/aromatic N) is 4. The summed E-state index contributed by atoms with van der Waals surface area (Å²) in [6.07, 6.45) is 4.61. The van der Waals surface area contributed by atoms with Gasteiger partial charge in [0.1, 0.15) is 0 Å². The number of aromatic nitrogens is 3. The molecule has 0 radical (unpaired) electrons. The minimum absolute atomic E-state index is 0.471. The number of hydrogen-bond acceptors (Lipinski definition) is 4. The predicted molar refractivity (Wildman–Crippen MR) is 67.3 cm³/mol. The van der Waals surface area contributed by atoms with Gasteiger partial charge in [-0.3, -0.25) is 9.58 Å². The standard InChI is InChI=1S/C12H23N5/c1-10(2)12-4-3-5-16(12)6-7-17-9-11(8-13)14-15-17/h9-10,12H,3-8,13H2,1-2H3. The first-order chi connectivity index (χ1) is 8.20. The SMILES string of the molecule is CC(C)C1CCCN1CCn1cc(CN)nn1. The Morgan fingerprint density at radius 2 is 2.29 bits per heavy atom. The lowest BCUT2D eigenvalue weighted by molar-refractivity contribution is 0.197. The van der Waals surface area contributed by atoms with Gasteiger partial charge in [0.05, 0.1) is 12.2 Å². The average Bonchev–Trinajstić information content (AvgIpc) is 2.95. The van der Waals surface area contributed by atoms with Gasteiger partial charge in [0.2, 0.25) is 0 Å². The first kappa shape index (κ1) is 12.5. The second-order valence-electron chi connectivity index (χ2n) is 5.17. The van der Waals surface area contributed by atoms with E-state index in [4.69, 9.17) is 5.73 Å². The molecule has 2 rings (SSSR count). The molecule has 1 atom stereocenters. The van der Waals surface area contributed by atoms with Crippen LogP contribution in [0.5, 0.6) is 0 Å². The summed E-state index contributed by atoms with van der Waals surface area (Å²) in [6, 6.07) is 0.743. The fourth-order valence-electron chi connectivity index (χ4n) is 2.66. The fourth-order valence-corrected chi connectivity index (χ4v) is 2.66. The molecule has 1 saturated heterocycles. The molecule has 1 aromatic rings. The highest BCUT2D eigenvalue weighted by atomic mass is 15.4. The Bertz CT molecular complexity index is 346. The second-order valence-corrected chi connectivity index (χ2v) is 5.17. The molecule has 1 aromatic heterocycles. The summed E-state index contributed by atoms with van der Waals surface area (Å²) in [5.41, 5.74) is 6.38. The van der Waals surface area contributed by atoms with E-state index in [1.807, 2.05) is 10.9 Å². The summed E-state index contributed by atoms with van der Waals surface area (Å²) in [7, 11) is 0. The third-order valence-corrected chi connectivity index (χ3v) is 3.60. The van der Waals surface area contributed by atoms with E-state index in [0.29, 0.717) is 6.54 Å². The first-order valence-corrected chi connectivity index (χ1v) is 6.54. The highest BCUT2D eigenvalue weighted by Crippen LogP contribution is 2.23. The molecule has 1 aliphatic rings. The minimum atomic E-state index is 0.471. The van der Waals surface area contributed by atoms with Crippen LogP contribution in [0.25, 0.3) is 0 Å². The van der Waals surface area contributed by atoms with Crippen LogP contribution in [0.1, 0.15) is 32.4 Å². The van der Waals surface area contributed by atoms with Crippen molar-refractivity contribution >= 4 is 0 Å². The van der Waals surface area contributed by atoms with Crippen LogP contribution in [0.15, 0.2) is 6.20 Å². The molecule has 1 fully saturated rings. The maximum Gasteiger partial charge on any atom is 0.0962 e. The Morgan fingerprint density at radius 3 is 2.94 bits per heavy atom. The smallest absolute Gasteiger partial charge is 0.0962 e. The lowest BCUT2D eigenvalue weighted by Crippen LogP contribution is -2.35. The van der Waals surface area contributed by atoms with Gasteiger partial charge in [0.15, 0.2) is 0 Å². The zero-order valence-electron chi connectivity index (χ0n) is 10.8. The van der Waals surface area contributed by atoms with Crippen molar-refractivity contribution in [2.75, 3.05) is 13.1 Å². The van der Waals surface area contributed by atoms with Gasteiger partial charge >= 0.3 is 0 Å². The van der Waals surface area contributed by atoms with Crippen LogP contribution in [-0.4, -0.2) is 39.0 Å². The molecule has 5 nitrogen and oxygen atoms in total. The van der Waals surface area contributed by atoms with Crippen LogP contribution in [0.4, 0.5) is 0 Å². The third kappa shape index (κ3) is 3.04. The zero-order chi connectivity index (χ0) is 12.3. The quantitative estimate of drug-likeness (QED) is 0.825. The molecule has 96 valence electrons. The average molecular weight is 237 g/mol. The van der Waals surface area contributed by atoms with Gasteiger partial charge in [-0.25, -0.2) is 0 Å². The minimum Gasteiger partial charge on any atom is -0.325 e. The van der Waals surface area contributed by atoms with E-state index in [-0.39, 0.29) is 0 Å². The van der Waals surface area contributed by atoms with E-state index >= 15 is 0 Å². The van der Waals surface area contributed by atoms with Crippen molar-refractivity contribution in [2.24, 2.45) is 11.7 Å². The molecule has 0 saturated carbocycles. The van der Waals surface area contributed by atoms with Gasteiger partial charge in [-0.15, -0.1) is 5.10 Å². The molecule has 2 heterocycles. The number of hydrogen-bond donors (Lipinski definition) is 1. The number of nitrogens with two attached hydrogens (primary N) is 1. The Labute approximate surface area is 103 Å². The molecular formula is C12H23N5. The van der Waals surface area contributed by atoms with Gasteiger partial charge < -0.3 is 5.73 Å². The Hall–Kier alpha value is -0.940. The van der Waals surface area contributed by atoms with Crippen LogP contribution in [0, 0.1) is 5.92 Å². The largest absolute Gasteiger partial charge is 0.325 e. The Kier molecular flexibility index (Phi) is 4.12. The van der Waals surface area contributed by atoms with Crippen molar-refractivity contribution in [1.29, 1.82) is 0 Å². The molecule has 0 bridgehead atoms. The number of likely N-dealkylation sites (tertiary alicyclic amines) is 1. The van der Waals surface area contributed by atoms with E-state index in [2.05, 4.69) is 29.1 Å². The highest BCUT2D eigenvalue weighted by molar-refractivity contribution is 4.90. The normalized spacial score (nSPS) is 21.5. The summed E-state index contributed by atoms with van der Waals surface area (Å²) in [4.78, 5) is 2.58. The monoisotopic (exact) mass is 237 g/mol. The van der Waals surface area contributed by atoms with Gasteiger partial charge in [0.25, 0.3) is 0 Å². The molecular weight excluding hydrogens is 214 g/mol. The predicted octanol–water partition coefficient (Wildman–Crippen LogP) is 0.857. The molecule has 0 aliphatic carbocycles. The van der Waals surface area contributed by atoms with Gasteiger partial charge in [-0.1, -0.05) is 19.1 Å². The molecule has 2 N–H and O–H groups in total. The van der Waals surface area contributed by atoms with Crippen LogP contribution < -0.4 is 5.73 Å². The maximum absolute atomic E-state index is 5.52. The Morgan fingerprint density at radius 1 is 1.47 bits per heavy atom. The summed E-state index contributed by atoms with van der Waals surface area (Å²) in [5, 5.41) is 8.08. The highest BCUT2D eigenvalue weighted by Gasteiger charge is 2.26. The first-order valence-electron chi connectivity index (χ1n) is 6.54. The molecule has 1 unspecified atom stereocenters. The lowest BCUT2D eigenvalue weighted by Gasteiger charge is -2.27. The van der Waals surface area contributed by atoms with Crippen molar-refractivity contribution in [3.05, 3.63) is 11.9 Å². The summed E-state index contributed by atoms with van der Waals surface area (Å²) >= 11 is 0. The van der Waals surface area contributed by atoms with E-state index in [9.17, 15) is 0 Å². The van der Waals surface area contributed by atoms with Crippen LogP contribution >= 0.6 is 0 Å². The van der Waals surface area contributed by atoms with Gasteiger partial charge in [-0.2, -0.15) is 0 Å². The second kappa shape index (κ2) is 5.60. The summed E-state index contributed by atoms with van der Waals surface area (Å²) < 4.78 is 1.90. The van der Waals surface area contributed by atoms with E-state index in [1.54, 1.807) is 0 Å². The van der Waals surface area contributed by atoms with Crippen molar-refractivity contribution in [3.63, 3.8) is 0 Å². The lowest BCUT2D eigenvalue weighted by atomic mass is 10.0. The Balaban J connectivity index is 1.85. The third-order valence-electron chi connectivity index (χ3n) is 3.60. The van der Waals surface area contributed by atoms with E-state index in [1.165, 1.54) is 19.4 Å². The maximum atomic E-state index is 5.52. The van der Waals surface area contributed by atoms with Crippen LogP contribution in [0.2, 0.25) is 0 Å². The van der Waals surface area contributed by atoms with Crippen molar-refractivity contribution in [3.8, 4) is 0 Å². The van der Waals surface area contributed by atoms with Crippen molar-refractivity contribution in [2.45, 2.75) is 45.8 Å². The van der Waals surface area contributed by atoms with Gasteiger partial charge in [-0.05, 0) is 25.3 Å².